The van der Waals surface area contributed by atoms with E-state index in [-0.39, 0.29) is 5.63 Å². The number of hydrogen-bond donors (Lipinski definition) is 0. The fourth-order valence-corrected chi connectivity index (χ4v) is 2.82. The van der Waals surface area contributed by atoms with E-state index in [1.54, 1.807) is 0 Å². The average Bonchev–Trinajstić information content (AvgIpc) is 2.45. The summed E-state index contributed by atoms with van der Waals surface area (Å²) < 4.78 is 5.34. The lowest BCUT2D eigenvalue weighted by molar-refractivity contribution is 0.560. The van der Waals surface area contributed by atoms with E-state index in [1.165, 1.54) is 16.8 Å². The van der Waals surface area contributed by atoms with Gasteiger partial charge in [-0.15, -0.1) is 0 Å². The summed E-state index contributed by atoms with van der Waals surface area (Å²) in [5, 5.41) is 5.63. The van der Waals surface area contributed by atoms with Crippen LogP contribution in [0, 0.1) is 6.92 Å². The lowest BCUT2D eigenvalue weighted by Crippen LogP contribution is -1.97. The fourth-order valence-electron chi connectivity index (χ4n) is 2.82. The van der Waals surface area contributed by atoms with Crippen molar-refractivity contribution in [3.63, 3.8) is 0 Å². The highest BCUT2D eigenvalue weighted by molar-refractivity contribution is 6.11. The highest BCUT2D eigenvalue weighted by atomic mass is 16.4. The molecule has 0 fully saturated rings. The largest absolute Gasteiger partial charge is 0.423 e. The molecule has 0 radical (unpaired) electrons. The minimum absolute atomic E-state index is 0.297. The van der Waals surface area contributed by atoms with Crippen molar-refractivity contribution in [3.05, 3.63) is 70.6 Å². The van der Waals surface area contributed by atoms with Gasteiger partial charge in [-0.05, 0) is 46.2 Å². The van der Waals surface area contributed by atoms with Gasteiger partial charge in [-0.25, -0.2) is 4.79 Å². The summed E-state index contributed by atoms with van der Waals surface area (Å²) in [4.78, 5) is 11.5. The highest BCUT2D eigenvalue weighted by Crippen LogP contribution is 2.29. The predicted molar refractivity (Wildman–Crippen MR) is 82.2 cm³/mol. The molecule has 20 heavy (non-hydrogen) atoms. The number of hydrogen-bond acceptors (Lipinski definition) is 2. The third kappa shape index (κ3) is 1.55. The van der Waals surface area contributed by atoms with Gasteiger partial charge in [0.15, 0.2) is 0 Å². The van der Waals surface area contributed by atoms with E-state index in [2.05, 4.69) is 30.3 Å². The Morgan fingerprint density at radius 2 is 1.60 bits per heavy atom. The zero-order valence-corrected chi connectivity index (χ0v) is 11.0. The molecule has 0 unspecified atom stereocenters. The Kier molecular flexibility index (Phi) is 2.21. The van der Waals surface area contributed by atoms with Gasteiger partial charge in [-0.2, -0.15) is 0 Å². The molecule has 4 rings (SSSR count). The van der Waals surface area contributed by atoms with Crippen LogP contribution in [0.25, 0.3) is 32.5 Å². The van der Waals surface area contributed by atoms with E-state index in [9.17, 15) is 4.79 Å². The average molecular weight is 260 g/mol. The molecule has 1 heterocycles. The first kappa shape index (κ1) is 11.2. The molecule has 0 aliphatic rings. The van der Waals surface area contributed by atoms with Crippen LogP contribution in [0.5, 0.6) is 0 Å². The summed E-state index contributed by atoms with van der Waals surface area (Å²) in [5.74, 6) is 0. The second kappa shape index (κ2) is 3.94. The summed E-state index contributed by atoms with van der Waals surface area (Å²) in [6.07, 6.45) is 0. The summed E-state index contributed by atoms with van der Waals surface area (Å²) in [7, 11) is 0. The molecular weight excluding hydrogens is 248 g/mol. The molecule has 0 saturated carbocycles. The lowest BCUT2D eigenvalue weighted by Gasteiger charge is -2.06. The first-order valence-electron chi connectivity index (χ1n) is 6.58. The van der Waals surface area contributed by atoms with Crippen LogP contribution in [0.4, 0.5) is 0 Å². The van der Waals surface area contributed by atoms with Crippen LogP contribution in [0.15, 0.2) is 63.8 Å². The van der Waals surface area contributed by atoms with Gasteiger partial charge in [0, 0.05) is 11.5 Å². The molecule has 0 aliphatic carbocycles. The van der Waals surface area contributed by atoms with Gasteiger partial charge in [0.05, 0.1) is 0 Å². The van der Waals surface area contributed by atoms with E-state index >= 15 is 0 Å². The number of fused-ring (bicyclic) bond motifs is 4. The van der Waals surface area contributed by atoms with Crippen molar-refractivity contribution in [1.82, 2.24) is 0 Å². The second-order valence-corrected chi connectivity index (χ2v) is 5.10. The third-order valence-electron chi connectivity index (χ3n) is 3.81. The quantitative estimate of drug-likeness (QED) is 0.266. The summed E-state index contributed by atoms with van der Waals surface area (Å²) >= 11 is 0. The predicted octanol–water partition coefficient (Wildman–Crippen LogP) is 4.41. The summed E-state index contributed by atoms with van der Waals surface area (Å²) in [6, 6.07) is 18.1. The number of benzene rings is 3. The maximum absolute atomic E-state index is 11.5. The van der Waals surface area contributed by atoms with Crippen LogP contribution in [-0.2, 0) is 0 Å². The minimum atomic E-state index is -0.297. The van der Waals surface area contributed by atoms with Crippen molar-refractivity contribution in [1.29, 1.82) is 0 Å². The normalized spacial score (nSPS) is 11.4. The maximum atomic E-state index is 11.5. The first-order chi connectivity index (χ1) is 9.72. The van der Waals surface area contributed by atoms with Gasteiger partial charge >= 0.3 is 5.63 Å². The fraction of sp³-hybridized carbons (Fsp3) is 0.0556. The molecule has 2 heteroatoms. The molecule has 0 saturated heterocycles. The SMILES string of the molecule is Cc1cc(=O)oc2cc3c(ccc4ccccc43)cc12. The van der Waals surface area contributed by atoms with Crippen molar-refractivity contribution in [2.75, 3.05) is 0 Å². The van der Waals surface area contributed by atoms with Gasteiger partial charge in [0.1, 0.15) is 5.58 Å². The lowest BCUT2D eigenvalue weighted by atomic mass is 9.99. The molecule has 1 aromatic heterocycles. The van der Waals surface area contributed by atoms with Crippen LogP contribution in [0.1, 0.15) is 5.56 Å². The smallest absolute Gasteiger partial charge is 0.336 e. The summed E-state index contributed by atoms with van der Waals surface area (Å²) in [6.45, 7) is 1.94. The van der Waals surface area contributed by atoms with Crippen LogP contribution >= 0.6 is 0 Å². The van der Waals surface area contributed by atoms with E-state index in [1.807, 2.05) is 25.1 Å². The van der Waals surface area contributed by atoms with Crippen molar-refractivity contribution < 1.29 is 4.42 Å². The number of rotatable bonds is 0. The Morgan fingerprint density at radius 3 is 2.50 bits per heavy atom. The molecule has 0 spiro atoms. The Morgan fingerprint density at radius 1 is 0.800 bits per heavy atom. The van der Waals surface area contributed by atoms with Gasteiger partial charge < -0.3 is 4.42 Å². The van der Waals surface area contributed by atoms with Gasteiger partial charge in [0.25, 0.3) is 0 Å². The van der Waals surface area contributed by atoms with Crippen LogP contribution in [0.2, 0.25) is 0 Å². The van der Waals surface area contributed by atoms with Crippen molar-refractivity contribution in [3.8, 4) is 0 Å². The van der Waals surface area contributed by atoms with Crippen molar-refractivity contribution >= 4 is 32.5 Å². The maximum Gasteiger partial charge on any atom is 0.336 e. The molecular formula is C18H12O2. The highest BCUT2D eigenvalue weighted by Gasteiger charge is 2.06. The first-order valence-corrected chi connectivity index (χ1v) is 6.58. The van der Waals surface area contributed by atoms with Crippen LogP contribution < -0.4 is 5.63 Å². The summed E-state index contributed by atoms with van der Waals surface area (Å²) in [5.41, 5.74) is 1.31. The monoisotopic (exact) mass is 260 g/mol. The molecule has 0 atom stereocenters. The molecule has 0 amide bonds. The van der Waals surface area contributed by atoms with E-state index < -0.39 is 0 Å². The third-order valence-corrected chi connectivity index (χ3v) is 3.81. The Hall–Kier alpha value is -2.61. The number of aryl methyl sites for hydroxylation is 1. The molecule has 2 nitrogen and oxygen atoms in total. The van der Waals surface area contributed by atoms with Gasteiger partial charge in [-0.3, -0.25) is 0 Å². The van der Waals surface area contributed by atoms with E-state index in [0.29, 0.717) is 5.58 Å². The van der Waals surface area contributed by atoms with E-state index in [0.717, 1.165) is 21.7 Å². The minimum Gasteiger partial charge on any atom is -0.423 e. The van der Waals surface area contributed by atoms with Gasteiger partial charge in [-0.1, -0.05) is 36.4 Å². The molecule has 4 aromatic rings. The van der Waals surface area contributed by atoms with Crippen molar-refractivity contribution in [2.24, 2.45) is 0 Å². The molecule has 0 aliphatic heterocycles. The van der Waals surface area contributed by atoms with Gasteiger partial charge in [0.2, 0.25) is 0 Å². The van der Waals surface area contributed by atoms with Crippen LogP contribution in [-0.4, -0.2) is 0 Å². The Balaban J connectivity index is 2.27. The second-order valence-electron chi connectivity index (χ2n) is 5.10. The zero-order chi connectivity index (χ0) is 13.7. The van der Waals surface area contributed by atoms with Crippen LogP contribution in [0.3, 0.4) is 0 Å². The Bertz CT molecular complexity index is 1030. The standard InChI is InChI=1S/C18H12O2/c1-11-8-18(19)20-17-10-16-13(9-15(11)17)7-6-12-4-2-3-5-14(12)16/h2-10H,1H3. The zero-order valence-electron chi connectivity index (χ0n) is 11.0. The molecule has 3 aromatic carbocycles. The van der Waals surface area contributed by atoms with Crippen molar-refractivity contribution in [2.45, 2.75) is 6.92 Å². The molecule has 0 bridgehead atoms. The van der Waals surface area contributed by atoms with E-state index in [4.69, 9.17) is 4.42 Å². The topological polar surface area (TPSA) is 30.2 Å². The molecule has 96 valence electrons. The Labute approximate surface area is 115 Å². The molecule has 0 N–H and O–H groups in total.